The molecule has 0 amide bonds. The van der Waals surface area contributed by atoms with E-state index in [9.17, 15) is 5.26 Å². The van der Waals surface area contributed by atoms with Crippen molar-refractivity contribution in [3.05, 3.63) is 63.9 Å². The minimum absolute atomic E-state index is 0.342. The second kappa shape index (κ2) is 4.99. The molecule has 20 heavy (non-hydrogen) atoms. The highest BCUT2D eigenvalue weighted by Crippen LogP contribution is 2.38. The summed E-state index contributed by atoms with van der Waals surface area (Å²) in [5.74, 6) is 0.756. The number of ether oxygens (including phenoxy) is 1. The smallest absolute Gasteiger partial charge is 0.131 e. The van der Waals surface area contributed by atoms with Gasteiger partial charge >= 0.3 is 0 Å². The third-order valence-corrected chi connectivity index (χ3v) is 3.48. The molecule has 0 saturated carbocycles. The zero-order chi connectivity index (χ0) is 14.1. The van der Waals surface area contributed by atoms with Crippen molar-refractivity contribution < 1.29 is 4.74 Å². The average molecular weight is 283 g/mol. The van der Waals surface area contributed by atoms with E-state index in [1.54, 1.807) is 13.0 Å². The summed E-state index contributed by atoms with van der Waals surface area (Å²) in [5.41, 5.74) is 4.05. The highest BCUT2D eigenvalue weighted by Gasteiger charge is 2.21. The number of para-hydroxylation sites is 1. The molecular formula is C16H11ClN2O. The number of hydrogen-bond acceptors (Lipinski definition) is 3. The number of aromatic nitrogens is 1. The highest BCUT2D eigenvalue weighted by atomic mass is 35.5. The van der Waals surface area contributed by atoms with Crippen LogP contribution in [0.5, 0.6) is 5.75 Å². The fourth-order valence-electron chi connectivity index (χ4n) is 2.36. The SMILES string of the molecule is C/C(C#N)=C1/c2ccccc2OCc2nc(Cl)ccc21. The zero-order valence-electron chi connectivity index (χ0n) is 10.9. The number of allylic oxidation sites excluding steroid dienone is 1. The van der Waals surface area contributed by atoms with Crippen molar-refractivity contribution >= 4 is 17.2 Å². The maximum Gasteiger partial charge on any atom is 0.131 e. The van der Waals surface area contributed by atoms with Crippen molar-refractivity contribution in [1.82, 2.24) is 4.98 Å². The first-order valence-corrected chi connectivity index (χ1v) is 6.57. The van der Waals surface area contributed by atoms with Crippen molar-refractivity contribution in [3.63, 3.8) is 0 Å². The van der Waals surface area contributed by atoms with Crippen molar-refractivity contribution in [2.45, 2.75) is 13.5 Å². The summed E-state index contributed by atoms with van der Waals surface area (Å²) in [7, 11) is 0. The Hall–Kier alpha value is -2.31. The summed E-state index contributed by atoms with van der Waals surface area (Å²) in [6.07, 6.45) is 0. The first kappa shape index (κ1) is 12.7. The summed E-state index contributed by atoms with van der Waals surface area (Å²) in [5, 5.41) is 9.71. The fraction of sp³-hybridized carbons (Fsp3) is 0.125. The molecule has 0 bridgehead atoms. The van der Waals surface area contributed by atoms with Gasteiger partial charge in [-0.1, -0.05) is 29.8 Å². The van der Waals surface area contributed by atoms with E-state index in [4.69, 9.17) is 16.3 Å². The Kier molecular flexibility index (Phi) is 3.17. The number of hydrogen-bond donors (Lipinski definition) is 0. The van der Waals surface area contributed by atoms with Crippen molar-refractivity contribution in [2.24, 2.45) is 0 Å². The van der Waals surface area contributed by atoms with Crippen LogP contribution in [-0.2, 0) is 6.61 Å². The summed E-state index contributed by atoms with van der Waals surface area (Å²) < 4.78 is 5.79. The molecule has 0 saturated heterocycles. The number of fused-ring (bicyclic) bond motifs is 2. The van der Waals surface area contributed by atoms with Gasteiger partial charge in [0.25, 0.3) is 0 Å². The third-order valence-electron chi connectivity index (χ3n) is 3.27. The Morgan fingerprint density at radius 2 is 2.05 bits per heavy atom. The normalized spacial score (nSPS) is 15.2. The van der Waals surface area contributed by atoms with Crippen LogP contribution in [-0.4, -0.2) is 4.98 Å². The summed E-state index contributed by atoms with van der Waals surface area (Å²) >= 11 is 5.95. The van der Waals surface area contributed by atoms with Crippen LogP contribution < -0.4 is 4.74 Å². The number of benzene rings is 1. The van der Waals surface area contributed by atoms with Gasteiger partial charge in [0.2, 0.25) is 0 Å². The van der Waals surface area contributed by atoms with Gasteiger partial charge in [-0.05, 0) is 25.1 Å². The molecule has 2 heterocycles. The Morgan fingerprint density at radius 1 is 1.25 bits per heavy atom. The lowest BCUT2D eigenvalue weighted by Crippen LogP contribution is -1.99. The highest BCUT2D eigenvalue weighted by molar-refractivity contribution is 6.29. The van der Waals surface area contributed by atoms with Gasteiger partial charge in [-0.25, -0.2) is 4.98 Å². The van der Waals surface area contributed by atoms with Gasteiger partial charge < -0.3 is 4.74 Å². The molecule has 2 aromatic rings. The monoisotopic (exact) mass is 282 g/mol. The Bertz CT molecular complexity index is 759. The number of nitrogens with zero attached hydrogens (tertiary/aromatic N) is 2. The Balaban J connectivity index is 2.35. The van der Waals surface area contributed by atoms with Gasteiger partial charge in [0, 0.05) is 22.3 Å². The Labute approximate surface area is 122 Å². The van der Waals surface area contributed by atoms with E-state index >= 15 is 0 Å². The van der Waals surface area contributed by atoms with Crippen LogP contribution in [0.3, 0.4) is 0 Å². The topological polar surface area (TPSA) is 45.9 Å². The predicted octanol–water partition coefficient (Wildman–Crippen LogP) is 3.97. The molecule has 1 aliphatic heterocycles. The molecule has 1 aliphatic rings. The Morgan fingerprint density at radius 3 is 2.85 bits per heavy atom. The van der Waals surface area contributed by atoms with E-state index in [2.05, 4.69) is 11.1 Å². The maximum absolute atomic E-state index is 9.29. The van der Waals surface area contributed by atoms with Crippen molar-refractivity contribution in [1.29, 1.82) is 5.26 Å². The van der Waals surface area contributed by atoms with Crippen LogP contribution in [0.25, 0.3) is 5.57 Å². The molecule has 98 valence electrons. The second-order valence-corrected chi connectivity index (χ2v) is 4.91. The maximum atomic E-state index is 9.29. The standard InChI is InChI=1S/C16H11ClN2O/c1-10(8-18)16-11-6-7-15(17)19-13(11)9-20-14-5-3-2-4-12(14)16/h2-7H,9H2,1H3/b16-10-. The molecule has 0 aliphatic carbocycles. The van der Waals surface area contributed by atoms with Gasteiger partial charge in [-0.15, -0.1) is 0 Å². The lowest BCUT2D eigenvalue weighted by atomic mass is 9.93. The van der Waals surface area contributed by atoms with Crippen LogP contribution in [0.1, 0.15) is 23.7 Å². The van der Waals surface area contributed by atoms with E-state index in [1.165, 1.54) is 0 Å². The number of pyridine rings is 1. The number of halogens is 1. The molecule has 0 atom stereocenters. The van der Waals surface area contributed by atoms with E-state index in [-0.39, 0.29) is 0 Å². The minimum atomic E-state index is 0.342. The molecule has 4 heteroatoms. The quantitative estimate of drug-likeness (QED) is 0.542. The number of rotatable bonds is 0. The molecule has 0 radical (unpaired) electrons. The predicted molar refractivity (Wildman–Crippen MR) is 77.3 cm³/mol. The van der Waals surface area contributed by atoms with Crippen LogP contribution in [0.4, 0.5) is 0 Å². The fourth-order valence-corrected chi connectivity index (χ4v) is 2.53. The lowest BCUT2D eigenvalue weighted by Gasteiger charge is -2.10. The molecule has 1 aromatic heterocycles. The lowest BCUT2D eigenvalue weighted by molar-refractivity contribution is 0.302. The van der Waals surface area contributed by atoms with Crippen LogP contribution in [0.2, 0.25) is 5.15 Å². The third kappa shape index (κ3) is 2.04. The van der Waals surface area contributed by atoms with Gasteiger partial charge in [0.15, 0.2) is 0 Å². The van der Waals surface area contributed by atoms with Crippen molar-refractivity contribution in [2.75, 3.05) is 0 Å². The van der Waals surface area contributed by atoms with Gasteiger partial charge in [-0.3, -0.25) is 0 Å². The molecule has 3 rings (SSSR count). The second-order valence-electron chi connectivity index (χ2n) is 4.52. The van der Waals surface area contributed by atoms with E-state index in [0.29, 0.717) is 17.3 Å². The summed E-state index contributed by atoms with van der Waals surface area (Å²) in [4.78, 5) is 4.32. The molecule has 0 N–H and O–H groups in total. The van der Waals surface area contributed by atoms with Gasteiger partial charge in [0.05, 0.1) is 11.8 Å². The average Bonchev–Trinajstić information content (AvgIpc) is 2.63. The van der Waals surface area contributed by atoms with E-state index in [0.717, 1.165) is 28.1 Å². The first-order chi connectivity index (χ1) is 9.70. The number of nitriles is 1. The van der Waals surface area contributed by atoms with Crippen LogP contribution >= 0.6 is 11.6 Å². The van der Waals surface area contributed by atoms with E-state index < -0.39 is 0 Å². The van der Waals surface area contributed by atoms with E-state index in [1.807, 2.05) is 30.3 Å². The van der Waals surface area contributed by atoms with Gasteiger partial charge in [0.1, 0.15) is 17.5 Å². The van der Waals surface area contributed by atoms with Crippen LogP contribution in [0, 0.1) is 11.3 Å². The minimum Gasteiger partial charge on any atom is -0.487 e. The molecule has 1 aromatic carbocycles. The molecule has 0 spiro atoms. The molecular weight excluding hydrogens is 272 g/mol. The molecule has 0 fully saturated rings. The summed E-state index contributed by atoms with van der Waals surface area (Å²) in [6.45, 7) is 2.14. The zero-order valence-corrected chi connectivity index (χ0v) is 11.6. The summed E-state index contributed by atoms with van der Waals surface area (Å²) in [6, 6.07) is 13.5. The molecule has 0 unspecified atom stereocenters. The molecule has 3 nitrogen and oxygen atoms in total. The van der Waals surface area contributed by atoms with Crippen molar-refractivity contribution in [3.8, 4) is 11.8 Å². The largest absolute Gasteiger partial charge is 0.487 e. The first-order valence-electron chi connectivity index (χ1n) is 6.19. The van der Waals surface area contributed by atoms with Crippen LogP contribution in [0.15, 0.2) is 42.0 Å². The van der Waals surface area contributed by atoms with Gasteiger partial charge in [-0.2, -0.15) is 5.26 Å².